The standard InChI is InChI=1S/C19H19N7O/c1-2-14(15-11-26-9-3-8-20-19(26)23-15)22-16-7-6-13(10-21-16)18-24-17(25-27-18)12-4-5-12/h3,6-12,14H,2,4-5H2,1H3,(H,21,22)/t14-/m0/s1. The van der Waals surface area contributed by atoms with Gasteiger partial charge in [0.25, 0.3) is 5.89 Å². The van der Waals surface area contributed by atoms with E-state index in [0.717, 1.165) is 42.2 Å². The Morgan fingerprint density at radius 3 is 2.93 bits per heavy atom. The van der Waals surface area contributed by atoms with Gasteiger partial charge in [0, 0.05) is 30.7 Å². The fourth-order valence-corrected chi connectivity index (χ4v) is 3.05. The highest BCUT2D eigenvalue weighted by atomic mass is 16.5. The van der Waals surface area contributed by atoms with Gasteiger partial charge >= 0.3 is 0 Å². The van der Waals surface area contributed by atoms with Crippen LogP contribution in [0.1, 0.15) is 49.7 Å². The highest BCUT2D eigenvalue weighted by Gasteiger charge is 2.29. The first-order valence-corrected chi connectivity index (χ1v) is 9.16. The van der Waals surface area contributed by atoms with Crippen LogP contribution < -0.4 is 5.32 Å². The molecule has 1 saturated carbocycles. The van der Waals surface area contributed by atoms with Crippen molar-refractivity contribution in [3.8, 4) is 11.5 Å². The summed E-state index contributed by atoms with van der Waals surface area (Å²) < 4.78 is 7.28. The number of nitrogens with one attached hydrogen (secondary N) is 1. The van der Waals surface area contributed by atoms with E-state index in [1.165, 1.54) is 0 Å². The predicted octanol–water partition coefficient (Wildman–Crippen LogP) is 3.61. The van der Waals surface area contributed by atoms with Gasteiger partial charge in [0.2, 0.25) is 5.78 Å². The summed E-state index contributed by atoms with van der Waals surface area (Å²) in [6.45, 7) is 2.11. The first kappa shape index (κ1) is 15.9. The third-order valence-corrected chi connectivity index (χ3v) is 4.74. The Balaban J connectivity index is 1.34. The number of fused-ring (bicyclic) bond motifs is 1. The van der Waals surface area contributed by atoms with Gasteiger partial charge < -0.3 is 9.84 Å². The lowest BCUT2D eigenvalue weighted by Crippen LogP contribution is -2.11. The maximum absolute atomic E-state index is 5.36. The van der Waals surface area contributed by atoms with Crippen LogP contribution in [0.15, 0.2) is 47.5 Å². The highest BCUT2D eigenvalue weighted by molar-refractivity contribution is 5.54. The number of hydrogen-bond donors (Lipinski definition) is 1. The van der Waals surface area contributed by atoms with Crippen molar-refractivity contribution >= 4 is 11.6 Å². The fourth-order valence-electron chi connectivity index (χ4n) is 3.05. The highest BCUT2D eigenvalue weighted by Crippen LogP contribution is 2.38. The van der Waals surface area contributed by atoms with Gasteiger partial charge in [0.1, 0.15) is 5.82 Å². The molecule has 27 heavy (non-hydrogen) atoms. The van der Waals surface area contributed by atoms with E-state index in [1.807, 2.05) is 35.0 Å². The molecule has 0 spiro atoms. The van der Waals surface area contributed by atoms with Crippen molar-refractivity contribution in [2.24, 2.45) is 0 Å². The number of aromatic nitrogens is 6. The smallest absolute Gasteiger partial charge is 0.259 e. The van der Waals surface area contributed by atoms with Crippen LogP contribution in [0, 0.1) is 0 Å². The second kappa shape index (κ2) is 6.46. The average Bonchev–Trinajstić information content (AvgIpc) is 3.28. The Kier molecular flexibility index (Phi) is 3.81. The Hall–Kier alpha value is -3.29. The molecule has 5 rings (SSSR count). The summed E-state index contributed by atoms with van der Waals surface area (Å²) in [7, 11) is 0. The first-order chi connectivity index (χ1) is 13.3. The Bertz CT molecular complexity index is 1030. The largest absolute Gasteiger partial charge is 0.362 e. The van der Waals surface area contributed by atoms with Gasteiger partial charge in [-0.05, 0) is 37.5 Å². The van der Waals surface area contributed by atoms with Gasteiger partial charge in [0.15, 0.2) is 5.82 Å². The summed E-state index contributed by atoms with van der Waals surface area (Å²) in [5, 5.41) is 7.49. The topological polar surface area (TPSA) is 94.0 Å². The number of rotatable bonds is 6. The average molecular weight is 361 g/mol. The first-order valence-electron chi connectivity index (χ1n) is 9.16. The van der Waals surface area contributed by atoms with Crippen molar-refractivity contribution in [3.63, 3.8) is 0 Å². The summed E-state index contributed by atoms with van der Waals surface area (Å²) in [5.74, 6) is 3.27. The molecule has 4 aromatic rings. The van der Waals surface area contributed by atoms with Crippen LogP contribution in [0.3, 0.4) is 0 Å². The van der Waals surface area contributed by atoms with E-state index in [9.17, 15) is 0 Å². The molecule has 0 aromatic carbocycles. The lowest BCUT2D eigenvalue weighted by molar-refractivity contribution is 0.422. The maximum atomic E-state index is 5.36. The van der Waals surface area contributed by atoms with Gasteiger partial charge in [-0.3, -0.25) is 4.40 Å². The molecule has 136 valence electrons. The van der Waals surface area contributed by atoms with E-state index in [2.05, 4.69) is 37.3 Å². The molecule has 0 unspecified atom stereocenters. The third kappa shape index (κ3) is 3.14. The van der Waals surface area contributed by atoms with E-state index < -0.39 is 0 Å². The lowest BCUT2D eigenvalue weighted by atomic mass is 10.1. The van der Waals surface area contributed by atoms with Crippen LogP contribution in [0.25, 0.3) is 17.2 Å². The number of pyridine rings is 1. The minimum Gasteiger partial charge on any atom is -0.362 e. The molecule has 1 atom stereocenters. The quantitative estimate of drug-likeness (QED) is 0.560. The second-order valence-corrected chi connectivity index (χ2v) is 6.76. The van der Waals surface area contributed by atoms with E-state index in [1.54, 1.807) is 12.4 Å². The molecule has 1 N–H and O–H groups in total. The minimum absolute atomic E-state index is 0.0509. The molecule has 0 aliphatic heterocycles. The van der Waals surface area contributed by atoms with Crippen LogP contribution >= 0.6 is 0 Å². The fraction of sp³-hybridized carbons (Fsp3) is 0.316. The summed E-state index contributed by atoms with van der Waals surface area (Å²) in [5.41, 5.74) is 1.76. The normalized spacial score (nSPS) is 15.1. The van der Waals surface area contributed by atoms with Crippen LogP contribution in [0.2, 0.25) is 0 Å². The van der Waals surface area contributed by atoms with E-state index in [0.29, 0.717) is 17.6 Å². The van der Waals surface area contributed by atoms with Gasteiger partial charge in [-0.25, -0.2) is 15.0 Å². The molecule has 1 fully saturated rings. The van der Waals surface area contributed by atoms with Gasteiger partial charge in [-0.15, -0.1) is 0 Å². The van der Waals surface area contributed by atoms with Gasteiger partial charge in [-0.2, -0.15) is 4.98 Å². The van der Waals surface area contributed by atoms with E-state index >= 15 is 0 Å². The van der Waals surface area contributed by atoms with Crippen LogP contribution in [-0.2, 0) is 0 Å². The zero-order valence-corrected chi connectivity index (χ0v) is 14.9. The van der Waals surface area contributed by atoms with Crippen molar-refractivity contribution in [2.45, 2.75) is 38.1 Å². The number of imidazole rings is 1. The maximum Gasteiger partial charge on any atom is 0.259 e. The summed E-state index contributed by atoms with van der Waals surface area (Å²) >= 11 is 0. The number of hydrogen-bond acceptors (Lipinski definition) is 7. The van der Waals surface area contributed by atoms with Crippen molar-refractivity contribution < 1.29 is 4.52 Å². The molecular formula is C19H19N7O. The lowest BCUT2D eigenvalue weighted by Gasteiger charge is -2.15. The molecule has 8 heteroatoms. The molecule has 0 amide bonds. The third-order valence-electron chi connectivity index (χ3n) is 4.74. The second-order valence-electron chi connectivity index (χ2n) is 6.76. The van der Waals surface area contributed by atoms with Crippen LogP contribution in [0.5, 0.6) is 0 Å². The van der Waals surface area contributed by atoms with Crippen molar-refractivity contribution in [1.29, 1.82) is 0 Å². The molecule has 8 nitrogen and oxygen atoms in total. The predicted molar refractivity (Wildman–Crippen MR) is 99.1 cm³/mol. The molecule has 4 heterocycles. The Morgan fingerprint density at radius 2 is 2.19 bits per heavy atom. The van der Waals surface area contributed by atoms with E-state index in [-0.39, 0.29) is 6.04 Å². The zero-order valence-electron chi connectivity index (χ0n) is 14.9. The molecule has 4 aromatic heterocycles. The number of nitrogens with zero attached hydrogens (tertiary/aromatic N) is 6. The molecule has 0 radical (unpaired) electrons. The zero-order chi connectivity index (χ0) is 18.2. The Labute approximate surface area is 155 Å². The molecule has 1 aliphatic carbocycles. The van der Waals surface area contributed by atoms with Gasteiger partial charge in [0.05, 0.1) is 17.3 Å². The van der Waals surface area contributed by atoms with E-state index in [4.69, 9.17) is 4.52 Å². The van der Waals surface area contributed by atoms with Crippen LogP contribution in [-0.4, -0.2) is 29.5 Å². The van der Waals surface area contributed by atoms with Crippen molar-refractivity contribution in [1.82, 2.24) is 29.5 Å². The Morgan fingerprint density at radius 1 is 1.26 bits per heavy atom. The van der Waals surface area contributed by atoms with Crippen molar-refractivity contribution in [2.75, 3.05) is 5.32 Å². The molecule has 1 aliphatic rings. The monoisotopic (exact) mass is 361 g/mol. The molecule has 0 saturated heterocycles. The summed E-state index contributed by atoms with van der Waals surface area (Å²) in [6.07, 6.45) is 10.6. The summed E-state index contributed by atoms with van der Waals surface area (Å²) in [6, 6.07) is 5.80. The molecule has 0 bridgehead atoms. The van der Waals surface area contributed by atoms with Crippen LogP contribution in [0.4, 0.5) is 5.82 Å². The minimum atomic E-state index is 0.0509. The SMILES string of the molecule is CC[C@H](Nc1ccc(-c2nc(C3CC3)no2)cn1)c1cn2cccnc2n1. The van der Waals surface area contributed by atoms with Gasteiger partial charge in [-0.1, -0.05) is 12.1 Å². The summed E-state index contributed by atoms with van der Waals surface area (Å²) in [4.78, 5) is 17.8. The van der Waals surface area contributed by atoms with Crippen molar-refractivity contribution in [3.05, 3.63) is 54.5 Å². The molecular weight excluding hydrogens is 342 g/mol. The number of anilines is 1.